The van der Waals surface area contributed by atoms with Crippen molar-refractivity contribution < 1.29 is 4.79 Å². The van der Waals surface area contributed by atoms with Gasteiger partial charge in [-0.15, -0.1) is 6.58 Å². The van der Waals surface area contributed by atoms with Gasteiger partial charge in [0.25, 0.3) is 11.5 Å². The lowest BCUT2D eigenvalue weighted by molar-refractivity contribution is -0.122. The molecule has 0 aliphatic carbocycles. The van der Waals surface area contributed by atoms with Crippen molar-refractivity contribution in [3.63, 3.8) is 0 Å². The Morgan fingerprint density at radius 2 is 2.03 bits per heavy atom. The van der Waals surface area contributed by atoms with E-state index in [0.717, 1.165) is 22.9 Å². The molecule has 3 heterocycles. The summed E-state index contributed by atoms with van der Waals surface area (Å²) in [5.74, 6) is 0.110. The molecule has 0 saturated carbocycles. The molecule has 6 nitrogen and oxygen atoms in total. The highest BCUT2D eigenvalue weighted by atomic mass is 35.5. The summed E-state index contributed by atoms with van der Waals surface area (Å²) in [6, 6.07) is 11.0. The highest BCUT2D eigenvalue weighted by Gasteiger charge is 2.33. The number of aromatic nitrogens is 2. The Morgan fingerprint density at radius 1 is 1.25 bits per heavy atom. The summed E-state index contributed by atoms with van der Waals surface area (Å²) in [5, 5.41) is 3.66. The molecular weight excluding hydrogens is 464 g/mol. The van der Waals surface area contributed by atoms with Gasteiger partial charge in [-0.05, 0) is 36.3 Å². The van der Waals surface area contributed by atoms with Crippen LogP contribution in [0, 0.1) is 6.92 Å². The van der Waals surface area contributed by atoms with Crippen LogP contribution >= 0.6 is 35.6 Å². The first kappa shape index (κ1) is 22.3. The zero-order valence-electron chi connectivity index (χ0n) is 17.2. The molecule has 0 unspecified atom stereocenters. The number of thioether (sulfide) groups is 1. The summed E-state index contributed by atoms with van der Waals surface area (Å²) in [4.78, 5) is 32.8. The van der Waals surface area contributed by atoms with E-state index in [1.165, 1.54) is 9.30 Å². The molecule has 2 aromatic heterocycles. The minimum atomic E-state index is -0.276. The topological polar surface area (TPSA) is 66.7 Å². The molecule has 3 aromatic rings. The van der Waals surface area contributed by atoms with E-state index in [9.17, 15) is 9.59 Å². The van der Waals surface area contributed by atoms with Crippen LogP contribution in [0.5, 0.6) is 0 Å². The van der Waals surface area contributed by atoms with Crippen molar-refractivity contribution in [1.29, 1.82) is 0 Å². The standard InChI is InChI=1S/C23H19ClN4O2S2/c1-3-10-25-20-16(21(29)27-12-14(2)8-9-19(27)26-20)11-18-22(30)28(23(31)32-18)13-15-6-4-5-7-17(15)24/h3-9,11-12,25H,1,10,13H2,2H3/b18-11+. The van der Waals surface area contributed by atoms with Crippen LogP contribution in [0.3, 0.4) is 0 Å². The van der Waals surface area contributed by atoms with Crippen LogP contribution in [-0.4, -0.2) is 31.1 Å². The van der Waals surface area contributed by atoms with E-state index < -0.39 is 0 Å². The van der Waals surface area contributed by atoms with Crippen LogP contribution in [-0.2, 0) is 11.3 Å². The molecule has 0 bridgehead atoms. The van der Waals surface area contributed by atoms with Crippen molar-refractivity contribution >= 4 is 63.3 Å². The summed E-state index contributed by atoms with van der Waals surface area (Å²) in [5.41, 5.74) is 2.23. The van der Waals surface area contributed by atoms with Gasteiger partial charge in [-0.3, -0.25) is 18.9 Å². The van der Waals surface area contributed by atoms with Gasteiger partial charge in [0.2, 0.25) is 0 Å². The van der Waals surface area contributed by atoms with Gasteiger partial charge in [0, 0.05) is 17.8 Å². The fourth-order valence-electron chi connectivity index (χ4n) is 3.26. The van der Waals surface area contributed by atoms with Gasteiger partial charge >= 0.3 is 0 Å². The molecule has 32 heavy (non-hydrogen) atoms. The zero-order chi connectivity index (χ0) is 22.8. The molecule has 162 valence electrons. The van der Waals surface area contributed by atoms with Crippen molar-refractivity contribution in [2.75, 3.05) is 11.9 Å². The molecule has 1 aliphatic heterocycles. The largest absolute Gasteiger partial charge is 0.366 e. The van der Waals surface area contributed by atoms with E-state index in [1.807, 2.05) is 31.2 Å². The minimum Gasteiger partial charge on any atom is -0.366 e. The van der Waals surface area contributed by atoms with Gasteiger partial charge in [-0.2, -0.15) is 0 Å². The number of carbonyl (C=O) groups excluding carboxylic acids is 1. The number of nitrogens with one attached hydrogen (secondary N) is 1. The Bertz CT molecular complexity index is 1350. The first-order valence-electron chi connectivity index (χ1n) is 9.75. The average Bonchev–Trinajstić information content (AvgIpc) is 3.03. The SMILES string of the molecule is C=CCNc1nc2ccc(C)cn2c(=O)c1/C=C1/SC(=S)N(Cc2ccccc2Cl)C1=O. The number of rotatable bonds is 6. The number of thiocarbonyl (C=S) groups is 1. The van der Waals surface area contributed by atoms with Crippen LogP contribution in [0.4, 0.5) is 5.82 Å². The second-order valence-electron chi connectivity index (χ2n) is 7.14. The summed E-state index contributed by atoms with van der Waals surface area (Å²) in [6.07, 6.45) is 4.95. The third-order valence-electron chi connectivity index (χ3n) is 4.85. The Hall–Kier alpha value is -2.94. The van der Waals surface area contributed by atoms with E-state index in [-0.39, 0.29) is 23.6 Å². The van der Waals surface area contributed by atoms with Crippen LogP contribution < -0.4 is 10.9 Å². The van der Waals surface area contributed by atoms with Gasteiger partial charge in [0.1, 0.15) is 15.8 Å². The van der Waals surface area contributed by atoms with Crippen molar-refractivity contribution in [2.45, 2.75) is 13.5 Å². The monoisotopic (exact) mass is 482 g/mol. The number of benzene rings is 1. The number of amides is 1. The number of anilines is 1. The number of pyridine rings is 1. The van der Waals surface area contributed by atoms with Gasteiger partial charge in [0.05, 0.1) is 17.0 Å². The van der Waals surface area contributed by atoms with Crippen molar-refractivity contribution in [1.82, 2.24) is 14.3 Å². The summed E-state index contributed by atoms with van der Waals surface area (Å²) >= 11 is 12.8. The maximum absolute atomic E-state index is 13.3. The van der Waals surface area contributed by atoms with Crippen LogP contribution in [0.1, 0.15) is 16.7 Å². The number of aryl methyl sites for hydroxylation is 1. The Kier molecular flexibility index (Phi) is 6.45. The van der Waals surface area contributed by atoms with E-state index in [0.29, 0.717) is 32.3 Å². The average molecular weight is 483 g/mol. The predicted molar refractivity (Wildman–Crippen MR) is 135 cm³/mol. The molecule has 0 spiro atoms. The summed E-state index contributed by atoms with van der Waals surface area (Å²) in [6.45, 7) is 6.28. The molecule has 1 N–H and O–H groups in total. The fraction of sp³-hybridized carbons (Fsp3) is 0.130. The smallest absolute Gasteiger partial charge is 0.267 e. The summed E-state index contributed by atoms with van der Waals surface area (Å²) < 4.78 is 1.89. The van der Waals surface area contributed by atoms with Gasteiger partial charge < -0.3 is 5.32 Å². The molecule has 1 fully saturated rings. The number of hydrogen-bond acceptors (Lipinski definition) is 6. The first-order chi connectivity index (χ1) is 15.4. The Balaban J connectivity index is 1.76. The van der Waals surface area contributed by atoms with Crippen molar-refractivity contribution in [2.24, 2.45) is 0 Å². The molecular formula is C23H19ClN4O2S2. The minimum absolute atomic E-state index is 0.261. The highest BCUT2D eigenvalue weighted by Crippen LogP contribution is 2.34. The lowest BCUT2D eigenvalue weighted by atomic mass is 10.2. The fourth-order valence-corrected chi connectivity index (χ4v) is 4.69. The number of nitrogens with zero attached hydrogens (tertiary/aromatic N) is 3. The molecule has 1 aliphatic rings. The summed E-state index contributed by atoms with van der Waals surface area (Å²) in [7, 11) is 0. The van der Waals surface area contributed by atoms with Gasteiger partial charge in [-0.1, -0.05) is 65.9 Å². The first-order valence-corrected chi connectivity index (χ1v) is 11.4. The lowest BCUT2D eigenvalue weighted by Gasteiger charge is -2.15. The third kappa shape index (κ3) is 4.34. The van der Waals surface area contributed by atoms with E-state index >= 15 is 0 Å². The second-order valence-corrected chi connectivity index (χ2v) is 9.23. The maximum atomic E-state index is 13.3. The number of halogens is 1. The lowest BCUT2D eigenvalue weighted by Crippen LogP contribution is -2.27. The predicted octanol–water partition coefficient (Wildman–Crippen LogP) is 4.66. The molecule has 0 radical (unpaired) electrons. The van der Waals surface area contributed by atoms with Crippen LogP contribution in [0.25, 0.3) is 11.7 Å². The molecule has 1 amide bonds. The molecule has 0 atom stereocenters. The van der Waals surface area contributed by atoms with Crippen LogP contribution in [0.2, 0.25) is 5.02 Å². The van der Waals surface area contributed by atoms with Crippen molar-refractivity contribution in [3.8, 4) is 0 Å². The van der Waals surface area contributed by atoms with E-state index in [4.69, 9.17) is 23.8 Å². The quantitative estimate of drug-likeness (QED) is 0.313. The zero-order valence-corrected chi connectivity index (χ0v) is 19.6. The maximum Gasteiger partial charge on any atom is 0.267 e. The molecule has 1 aromatic carbocycles. The normalized spacial score (nSPS) is 15.1. The Labute approximate surface area is 199 Å². The van der Waals surface area contributed by atoms with E-state index in [1.54, 1.807) is 30.5 Å². The molecule has 9 heteroatoms. The molecule has 1 saturated heterocycles. The third-order valence-corrected chi connectivity index (χ3v) is 6.60. The van der Waals surface area contributed by atoms with Gasteiger partial charge in [0.15, 0.2) is 0 Å². The highest BCUT2D eigenvalue weighted by molar-refractivity contribution is 8.26. The van der Waals surface area contributed by atoms with Crippen LogP contribution in [0.15, 0.2) is 64.9 Å². The number of carbonyl (C=O) groups is 1. The van der Waals surface area contributed by atoms with E-state index in [2.05, 4.69) is 16.9 Å². The van der Waals surface area contributed by atoms with Crippen molar-refractivity contribution in [3.05, 3.63) is 92.2 Å². The Morgan fingerprint density at radius 3 is 2.78 bits per heavy atom. The van der Waals surface area contributed by atoms with Gasteiger partial charge in [-0.25, -0.2) is 4.98 Å². The molecule has 4 rings (SSSR count). The number of hydrogen-bond donors (Lipinski definition) is 1. The second kappa shape index (κ2) is 9.28. The number of fused-ring (bicyclic) bond motifs is 1.